The molecule has 0 aliphatic carbocycles. The first-order chi connectivity index (χ1) is 16.4. The summed E-state index contributed by atoms with van der Waals surface area (Å²) < 4.78 is 16.0. The number of nitriles is 2. The quantitative estimate of drug-likeness (QED) is 0.189. The number of carbonyl (C=O) groups excluding carboxylic acids is 2. The van der Waals surface area contributed by atoms with Gasteiger partial charge >= 0.3 is 5.97 Å². The van der Waals surface area contributed by atoms with Crippen molar-refractivity contribution < 1.29 is 23.8 Å². The van der Waals surface area contributed by atoms with Crippen molar-refractivity contribution in [3.8, 4) is 29.4 Å². The number of nitrogens with zero attached hydrogens (tertiary/aromatic N) is 2. The average Bonchev–Trinajstić information content (AvgIpc) is 2.86. The van der Waals surface area contributed by atoms with Gasteiger partial charge in [0, 0.05) is 6.54 Å². The molecule has 1 N–H and O–H groups in total. The average molecular weight is 457 g/mol. The summed E-state index contributed by atoms with van der Waals surface area (Å²) in [6.07, 6.45) is 4.28. The number of carbonyl (C=O) groups is 2. The highest BCUT2D eigenvalue weighted by molar-refractivity contribution is 6.02. The van der Waals surface area contributed by atoms with Crippen molar-refractivity contribution in [1.82, 2.24) is 5.32 Å². The largest absolute Gasteiger partial charge is 0.494 e. The third-order valence-corrected chi connectivity index (χ3v) is 4.32. The summed E-state index contributed by atoms with van der Waals surface area (Å²) >= 11 is 0. The van der Waals surface area contributed by atoms with E-state index in [-0.39, 0.29) is 29.2 Å². The van der Waals surface area contributed by atoms with Gasteiger partial charge in [-0.25, -0.2) is 4.79 Å². The van der Waals surface area contributed by atoms with Crippen LogP contribution >= 0.6 is 0 Å². The predicted molar refractivity (Wildman–Crippen MR) is 127 cm³/mol. The Balaban J connectivity index is 2.23. The molecule has 1 amide bonds. The Labute approximate surface area is 198 Å². The summed E-state index contributed by atoms with van der Waals surface area (Å²) in [4.78, 5) is 24.6. The first kappa shape index (κ1) is 25.4. The zero-order chi connectivity index (χ0) is 24.9. The van der Waals surface area contributed by atoms with Gasteiger partial charge in [0.1, 0.15) is 29.0 Å². The molecule has 8 heteroatoms. The second-order valence-corrected chi connectivity index (χ2v) is 6.64. The molecule has 172 valence electrons. The van der Waals surface area contributed by atoms with Crippen LogP contribution in [0.4, 0.5) is 0 Å². The molecule has 0 saturated heterocycles. The van der Waals surface area contributed by atoms with E-state index >= 15 is 0 Å². The highest BCUT2D eigenvalue weighted by atomic mass is 16.6. The lowest BCUT2D eigenvalue weighted by Crippen LogP contribution is -2.24. The van der Waals surface area contributed by atoms with Crippen molar-refractivity contribution in [3.63, 3.8) is 0 Å². The molecule has 2 aromatic carbocycles. The molecule has 0 atom stereocenters. The van der Waals surface area contributed by atoms with Gasteiger partial charge in [0.2, 0.25) is 0 Å². The van der Waals surface area contributed by atoms with E-state index in [1.54, 1.807) is 30.3 Å². The Hall–Kier alpha value is -4.82. The minimum Gasteiger partial charge on any atom is -0.494 e. The predicted octanol–water partition coefficient (Wildman–Crippen LogP) is 3.82. The molecule has 0 fully saturated rings. The number of hydrogen-bond acceptors (Lipinski definition) is 7. The molecule has 34 heavy (non-hydrogen) atoms. The third-order valence-electron chi connectivity index (χ3n) is 4.32. The van der Waals surface area contributed by atoms with Crippen LogP contribution in [0.5, 0.6) is 17.2 Å². The minimum atomic E-state index is -0.862. The number of methoxy groups -OCH3 is 1. The SMILES string of the molecule is C=CCNC(=O)/C(C#N)=C/c1ccc(OC(=O)/C(C#N)=C\c2ccc(OCC)cc2)c(OC)c1. The highest BCUT2D eigenvalue weighted by Gasteiger charge is 2.16. The maximum atomic E-state index is 12.6. The van der Waals surface area contributed by atoms with Gasteiger partial charge in [-0.05, 0) is 54.5 Å². The van der Waals surface area contributed by atoms with E-state index < -0.39 is 11.9 Å². The van der Waals surface area contributed by atoms with Crippen molar-refractivity contribution in [2.24, 2.45) is 0 Å². The fourth-order valence-electron chi connectivity index (χ4n) is 2.72. The minimum absolute atomic E-state index is 0.0760. The molecule has 8 nitrogen and oxygen atoms in total. The molecular weight excluding hydrogens is 434 g/mol. The maximum absolute atomic E-state index is 12.6. The van der Waals surface area contributed by atoms with E-state index in [4.69, 9.17) is 14.2 Å². The Bertz CT molecular complexity index is 1200. The molecule has 0 bridgehead atoms. The molecule has 2 rings (SSSR count). The fraction of sp³-hybridized carbons (Fsp3) is 0.154. The summed E-state index contributed by atoms with van der Waals surface area (Å²) in [6.45, 7) is 6.13. The number of amides is 1. The zero-order valence-corrected chi connectivity index (χ0v) is 18.8. The second kappa shape index (κ2) is 12.9. The van der Waals surface area contributed by atoms with Gasteiger partial charge in [-0.15, -0.1) is 6.58 Å². The van der Waals surface area contributed by atoms with Gasteiger partial charge in [0.25, 0.3) is 5.91 Å². The maximum Gasteiger partial charge on any atom is 0.354 e. The van der Waals surface area contributed by atoms with Crippen LogP contribution in [0.15, 0.2) is 66.3 Å². The molecule has 0 heterocycles. The van der Waals surface area contributed by atoms with E-state index in [1.807, 2.05) is 19.1 Å². The first-order valence-corrected chi connectivity index (χ1v) is 10.2. The molecule has 0 aliphatic rings. The summed E-state index contributed by atoms with van der Waals surface area (Å²) in [7, 11) is 1.38. The van der Waals surface area contributed by atoms with Gasteiger partial charge in [-0.3, -0.25) is 4.79 Å². The van der Waals surface area contributed by atoms with E-state index in [0.29, 0.717) is 23.5 Å². The van der Waals surface area contributed by atoms with Crippen LogP contribution in [0.25, 0.3) is 12.2 Å². The Morgan fingerprint density at radius 3 is 2.24 bits per heavy atom. The molecular formula is C26H23N3O5. The third kappa shape index (κ3) is 7.11. The van der Waals surface area contributed by atoms with Gasteiger partial charge in [0.15, 0.2) is 11.5 Å². The Kier molecular flexibility index (Phi) is 9.65. The number of benzene rings is 2. The Morgan fingerprint density at radius 2 is 1.65 bits per heavy atom. The second-order valence-electron chi connectivity index (χ2n) is 6.64. The standard InChI is InChI=1S/C26H23N3O5/c1-4-12-29-25(30)20(16-27)14-19-8-11-23(24(15-19)32-3)34-26(31)21(17-28)13-18-6-9-22(10-7-18)33-5-2/h4,6-11,13-15H,1,5,12H2,2-3H3,(H,29,30)/b20-14+,21-13-. The van der Waals surface area contributed by atoms with Gasteiger partial charge in [-0.1, -0.05) is 24.3 Å². The number of rotatable bonds is 10. The monoisotopic (exact) mass is 457 g/mol. The first-order valence-electron chi connectivity index (χ1n) is 10.2. The van der Waals surface area contributed by atoms with Crippen LogP contribution in [-0.4, -0.2) is 32.1 Å². The van der Waals surface area contributed by atoms with E-state index in [2.05, 4.69) is 11.9 Å². The molecule has 0 unspecified atom stereocenters. The number of hydrogen-bond donors (Lipinski definition) is 1. The summed E-state index contributed by atoms with van der Waals surface area (Å²) in [5.74, 6) is -0.469. The normalized spacial score (nSPS) is 10.9. The van der Waals surface area contributed by atoms with E-state index in [1.165, 1.54) is 37.5 Å². The van der Waals surface area contributed by atoms with Crippen LogP contribution < -0.4 is 19.5 Å². The number of nitrogens with one attached hydrogen (secondary N) is 1. The van der Waals surface area contributed by atoms with Crippen LogP contribution in [-0.2, 0) is 9.59 Å². The molecule has 0 saturated carbocycles. The lowest BCUT2D eigenvalue weighted by molar-refractivity contribution is -0.129. The topological polar surface area (TPSA) is 121 Å². The lowest BCUT2D eigenvalue weighted by Gasteiger charge is -2.10. The van der Waals surface area contributed by atoms with Gasteiger partial charge in [-0.2, -0.15) is 10.5 Å². The molecule has 0 spiro atoms. The van der Waals surface area contributed by atoms with Crippen molar-refractivity contribution in [1.29, 1.82) is 10.5 Å². The lowest BCUT2D eigenvalue weighted by atomic mass is 10.1. The van der Waals surface area contributed by atoms with Crippen LogP contribution in [0.2, 0.25) is 0 Å². The zero-order valence-electron chi connectivity index (χ0n) is 18.8. The van der Waals surface area contributed by atoms with Crippen molar-refractivity contribution in [2.75, 3.05) is 20.3 Å². The van der Waals surface area contributed by atoms with Crippen molar-refractivity contribution in [3.05, 3.63) is 77.4 Å². The van der Waals surface area contributed by atoms with Gasteiger partial charge in [0.05, 0.1) is 13.7 Å². The Morgan fingerprint density at radius 1 is 1.00 bits per heavy atom. The number of ether oxygens (including phenoxy) is 3. The summed E-state index contributed by atoms with van der Waals surface area (Å²) in [5, 5.41) is 21.2. The number of esters is 1. The van der Waals surface area contributed by atoms with Crippen molar-refractivity contribution in [2.45, 2.75) is 6.92 Å². The van der Waals surface area contributed by atoms with Crippen molar-refractivity contribution >= 4 is 24.0 Å². The van der Waals surface area contributed by atoms with Crippen LogP contribution in [0, 0.1) is 22.7 Å². The fourth-order valence-corrected chi connectivity index (χ4v) is 2.72. The molecule has 0 radical (unpaired) electrons. The van der Waals surface area contributed by atoms with E-state index in [9.17, 15) is 20.1 Å². The summed E-state index contributed by atoms with van der Waals surface area (Å²) in [5.41, 5.74) is 0.787. The van der Waals surface area contributed by atoms with Gasteiger partial charge < -0.3 is 19.5 Å². The summed E-state index contributed by atoms with van der Waals surface area (Å²) in [6, 6.07) is 15.1. The molecule has 2 aromatic rings. The molecule has 0 aromatic heterocycles. The smallest absolute Gasteiger partial charge is 0.354 e. The molecule has 0 aliphatic heterocycles. The van der Waals surface area contributed by atoms with Crippen LogP contribution in [0.3, 0.4) is 0 Å². The van der Waals surface area contributed by atoms with E-state index in [0.717, 1.165) is 0 Å². The highest BCUT2D eigenvalue weighted by Crippen LogP contribution is 2.30. The van der Waals surface area contributed by atoms with Crippen LogP contribution in [0.1, 0.15) is 18.1 Å².